The number of amides is 2. The molecule has 3 N–H and O–H groups in total. The van der Waals surface area contributed by atoms with Crippen molar-refractivity contribution in [2.24, 2.45) is 0 Å². The Kier molecular flexibility index (Phi) is 9.02. The van der Waals surface area contributed by atoms with Crippen LogP contribution in [0.1, 0.15) is 59.4 Å². The van der Waals surface area contributed by atoms with Crippen LogP contribution in [-0.2, 0) is 30.3 Å². The minimum absolute atomic E-state index is 0.00540. The summed E-state index contributed by atoms with van der Waals surface area (Å²) in [6.07, 6.45) is 3.01. The zero-order valence-corrected chi connectivity index (χ0v) is 20.1. The van der Waals surface area contributed by atoms with Crippen molar-refractivity contribution >= 4 is 29.4 Å². The lowest BCUT2D eigenvalue weighted by Crippen LogP contribution is -2.40. The SMILES string of the molecule is CCOC(=O)c1c2ccc(CC(=O)NOCC(=O)N3CCCCC3)ccc-2c(C(=O)OCC)c1N. The Morgan fingerprint density at radius 1 is 0.886 bits per heavy atom. The van der Waals surface area contributed by atoms with E-state index in [0.29, 0.717) is 29.8 Å². The fraction of sp³-hybridized carbons (Fsp3) is 0.440. The Bertz CT molecular complexity index is 1010. The van der Waals surface area contributed by atoms with Gasteiger partial charge in [0.2, 0.25) is 5.91 Å². The van der Waals surface area contributed by atoms with E-state index >= 15 is 0 Å². The van der Waals surface area contributed by atoms with Crippen LogP contribution in [0.15, 0.2) is 24.3 Å². The summed E-state index contributed by atoms with van der Waals surface area (Å²) in [5.74, 6) is -1.91. The standard InChI is InChI=1S/C25H31N3O7/c1-3-33-24(31)21-17-10-8-16(9-11-18(17)22(23(21)26)25(32)34-4-2)14-19(29)27-35-15-20(30)28-12-6-5-7-13-28/h8-11H,3-7,12-15,26H2,1-2H3,(H,27,29). The van der Waals surface area contributed by atoms with Crippen molar-refractivity contribution < 1.29 is 33.5 Å². The minimum atomic E-state index is -0.650. The third-order valence-electron chi connectivity index (χ3n) is 5.71. The number of nitrogens with zero attached hydrogens (tertiary/aromatic N) is 1. The van der Waals surface area contributed by atoms with E-state index in [9.17, 15) is 19.2 Å². The molecule has 3 aliphatic rings. The van der Waals surface area contributed by atoms with E-state index in [-0.39, 0.29) is 49.0 Å². The maximum Gasteiger partial charge on any atom is 0.340 e. The Hall–Kier alpha value is -3.66. The van der Waals surface area contributed by atoms with Crippen LogP contribution in [0.3, 0.4) is 0 Å². The second-order valence-corrected chi connectivity index (χ2v) is 8.11. The number of hydroxylamine groups is 1. The van der Waals surface area contributed by atoms with Crippen LogP contribution < -0.4 is 11.2 Å². The van der Waals surface area contributed by atoms with Gasteiger partial charge in [-0.3, -0.25) is 14.4 Å². The maximum atomic E-state index is 12.6. The van der Waals surface area contributed by atoms with Gasteiger partial charge < -0.3 is 20.1 Å². The predicted molar refractivity (Wildman–Crippen MR) is 128 cm³/mol. The van der Waals surface area contributed by atoms with E-state index < -0.39 is 17.8 Å². The molecule has 35 heavy (non-hydrogen) atoms. The lowest BCUT2D eigenvalue weighted by Gasteiger charge is -2.26. The normalized spacial score (nSPS) is 13.4. The molecule has 10 nitrogen and oxygen atoms in total. The molecule has 2 amide bonds. The van der Waals surface area contributed by atoms with E-state index in [0.717, 1.165) is 19.3 Å². The van der Waals surface area contributed by atoms with Crippen molar-refractivity contribution in [1.29, 1.82) is 0 Å². The molecule has 0 radical (unpaired) electrons. The molecule has 0 saturated carbocycles. The first-order valence-corrected chi connectivity index (χ1v) is 11.7. The molecule has 0 aromatic heterocycles. The molecule has 1 fully saturated rings. The number of nitrogen functional groups attached to an aromatic ring is 1. The number of esters is 2. The molecule has 0 aromatic rings. The van der Waals surface area contributed by atoms with Crippen LogP contribution in [-0.4, -0.2) is 61.6 Å². The summed E-state index contributed by atoms with van der Waals surface area (Å²) >= 11 is 0. The number of hydrogen-bond acceptors (Lipinski definition) is 8. The summed E-state index contributed by atoms with van der Waals surface area (Å²) in [6, 6.07) is 6.53. The van der Waals surface area contributed by atoms with Gasteiger partial charge in [0, 0.05) is 13.1 Å². The average Bonchev–Trinajstić information content (AvgIpc) is 2.98. The average molecular weight is 486 g/mol. The van der Waals surface area contributed by atoms with Crippen LogP contribution in [0.2, 0.25) is 0 Å². The third-order valence-corrected chi connectivity index (χ3v) is 5.71. The van der Waals surface area contributed by atoms with Crippen LogP contribution >= 0.6 is 0 Å². The van der Waals surface area contributed by atoms with Gasteiger partial charge in [-0.15, -0.1) is 0 Å². The number of nitrogens with two attached hydrogens (primary N) is 1. The second-order valence-electron chi connectivity index (χ2n) is 8.11. The number of carbonyl (C=O) groups excluding carboxylic acids is 4. The van der Waals surface area contributed by atoms with Crippen LogP contribution in [0.25, 0.3) is 11.1 Å². The molecule has 2 aliphatic carbocycles. The Morgan fingerprint density at radius 2 is 1.43 bits per heavy atom. The highest BCUT2D eigenvalue weighted by atomic mass is 16.7. The van der Waals surface area contributed by atoms with Crippen LogP contribution in [0.4, 0.5) is 5.69 Å². The van der Waals surface area contributed by atoms with Crippen LogP contribution in [0, 0.1) is 0 Å². The second kappa shape index (κ2) is 12.2. The highest BCUT2D eigenvalue weighted by Crippen LogP contribution is 2.39. The van der Waals surface area contributed by atoms with E-state index in [4.69, 9.17) is 20.0 Å². The molecule has 1 aliphatic heterocycles. The molecule has 1 heterocycles. The molecule has 0 unspecified atom stereocenters. The zero-order valence-electron chi connectivity index (χ0n) is 20.1. The Morgan fingerprint density at radius 3 is 1.94 bits per heavy atom. The number of fused-ring (bicyclic) bond motifs is 1. The molecule has 0 bridgehead atoms. The van der Waals surface area contributed by atoms with Gasteiger partial charge in [-0.2, -0.15) is 0 Å². The molecule has 0 spiro atoms. The number of rotatable bonds is 9. The summed E-state index contributed by atoms with van der Waals surface area (Å²) in [5.41, 5.74) is 10.0. The van der Waals surface area contributed by atoms with Gasteiger partial charge in [-0.25, -0.2) is 15.1 Å². The zero-order chi connectivity index (χ0) is 25.4. The smallest absolute Gasteiger partial charge is 0.340 e. The summed E-state index contributed by atoms with van der Waals surface area (Å²) in [4.78, 5) is 56.4. The van der Waals surface area contributed by atoms with Gasteiger partial charge >= 0.3 is 11.9 Å². The number of hydrogen-bond donors (Lipinski definition) is 2. The lowest BCUT2D eigenvalue weighted by molar-refractivity contribution is -0.145. The van der Waals surface area contributed by atoms with Crippen LogP contribution in [0.5, 0.6) is 0 Å². The molecule has 188 valence electrons. The quantitative estimate of drug-likeness (QED) is 0.408. The molecule has 0 aromatic carbocycles. The van der Waals surface area contributed by atoms with Crippen molar-refractivity contribution in [2.75, 3.05) is 38.6 Å². The fourth-order valence-corrected chi connectivity index (χ4v) is 4.07. The number of likely N-dealkylation sites (tertiary alicyclic amines) is 1. The van der Waals surface area contributed by atoms with E-state index in [1.54, 1.807) is 43.0 Å². The largest absolute Gasteiger partial charge is 0.462 e. The Labute approximate surface area is 204 Å². The van der Waals surface area contributed by atoms with Crippen molar-refractivity contribution in [1.82, 2.24) is 10.4 Å². The highest BCUT2D eigenvalue weighted by Gasteiger charge is 2.30. The Balaban J connectivity index is 1.74. The van der Waals surface area contributed by atoms with Gasteiger partial charge in [-0.05, 0) is 49.8 Å². The molecular weight excluding hydrogens is 454 g/mol. The van der Waals surface area contributed by atoms with Gasteiger partial charge in [0.15, 0.2) is 6.61 Å². The predicted octanol–water partition coefficient (Wildman–Crippen LogP) is 2.33. The number of nitrogens with one attached hydrogen (secondary N) is 1. The number of piperidine rings is 1. The topological polar surface area (TPSA) is 137 Å². The summed E-state index contributed by atoms with van der Waals surface area (Å²) in [5, 5.41) is 0. The molecule has 0 atom stereocenters. The highest BCUT2D eigenvalue weighted by molar-refractivity contribution is 6.15. The first-order chi connectivity index (χ1) is 16.9. The number of anilines is 1. The van der Waals surface area contributed by atoms with Gasteiger partial charge in [0.1, 0.15) is 0 Å². The summed E-state index contributed by atoms with van der Waals surface area (Å²) in [7, 11) is 0. The third kappa shape index (κ3) is 6.27. The van der Waals surface area contributed by atoms with E-state index in [1.165, 1.54) is 0 Å². The maximum absolute atomic E-state index is 12.6. The minimum Gasteiger partial charge on any atom is -0.462 e. The number of ether oxygens (including phenoxy) is 2. The molecule has 10 heteroatoms. The van der Waals surface area contributed by atoms with Gasteiger partial charge in [0.25, 0.3) is 5.91 Å². The van der Waals surface area contributed by atoms with E-state index in [2.05, 4.69) is 5.48 Å². The van der Waals surface area contributed by atoms with Gasteiger partial charge in [-0.1, -0.05) is 24.3 Å². The number of carbonyl (C=O) groups is 4. The summed E-state index contributed by atoms with van der Waals surface area (Å²) in [6.45, 7) is 4.81. The lowest BCUT2D eigenvalue weighted by atomic mass is 10.1. The molecule has 3 rings (SSSR count). The van der Waals surface area contributed by atoms with Crippen molar-refractivity contribution in [2.45, 2.75) is 39.5 Å². The first kappa shape index (κ1) is 26.0. The van der Waals surface area contributed by atoms with Crippen molar-refractivity contribution in [3.8, 4) is 11.1 Å². The van der Waals surface area contributed by atoms with Crippen molar-refractivity contribution in [3.05, 3.63) is 41.0 Å². The fourth-order valence-electron chi connectivity index (χ4n) is 4.07. The van der Waals surface area contributed by atoms with E-state index in [1.807, 2.05) is 0 Å². The summed E-state index contributed by atoms with van der Waals surface area (Å²) < 4.78 is 10.2. The van der Waals surface area contributed by atoms with Crippen molar-refractivity contribution in [3.63, 3.8) is 0 Å². The molecular formula is C25H31N3O7. The van der Waals surface area contributed by atoms with Gasteiger partial charge in [0.05, 0.1) is 36.4 Å². The molecule has 1 saturated heterocycles. The monoisotopic (exact) mass is 485 g/mol. The first-order valence-electron chi connectivity index (χ1n) is 11.7.